The van der Waals surface area contributed by atoms with Crippen LogP contribution in [0.15, 0.2) is 24.5 Å². The van der Waals surface area contributed by atoms with Gasteiger partial charge in [0.15, 0.2) is 5.65 Å². The predicted octanol–water partition coefficient (Wildman–Crippen LogP) is 2.29. The molecule has 0 atom stereocenters. The van der Waals surface area contributed by atoms with Crippen LogP contribution in [0.5, 0.6) is 5.75 Å². The van der Waals surface area contributed by atoms with Gasteiger partial charge < -0.3 is 10.5 Å². The average Bonchev–Trinajstić information content (AvgIpc) is 3.32. The van der Waals surface area contributed by atoms with Gasteiger partial charge in [-0.1, -0.05) is 0 Å². The molecular formula is C15H14F2N6O. The molecule has 0 aliphatic heterocycles. The van der Waals surface area contributed by atoms with E-state index in [0.29, 0.717) is 28.5 Å². The van der Waals surface area contributed by atoms with E-state index in [4.69, 9.17) is 10.5 Å². The molecule has 2 N–H and O–H groups in total. The Balaban J connectivity index is 1.80. The van der Waals surface area contributed by atoms with Gasteiger partial charge in [0.25, 0.3) is 6.43 Å². The van der Waals surface area contributed by atoms with Crippen molar-refractivity contribution in [2.24, 2.45) is 0 Å². The third kappa shape index (κ3) is 2.72. The molecule has 1 aliphatic carbocycles. The van der Waals surface area contributed by atoms with Crippen molar-refractivity contribution in [2.45, 2.75) is 25.2 Å². The minimum Gasteiger partial charge on any atom is -0.485 e. The first-order valence-electron chi connectivity index (χ1n) is 7.50. The number of fused-ring (bicyclic) bond motifs is 1. The number of nitrogens with two attached hydrogens (primary N) is 1. The molecule has 0 radical (unpaired) electrons. The van der Waals surface area contributed by atoms with Gasteiger partial charge in [-0.25, -0.2) is 28.2 Å². The van der Waals surface area contributed by atoms with Crippen LogP contribution < -0.4 is 10.5 Å². The van der Waals surface area contributed by atoms with Crippen LogP contribution in [-0.2, 0) is 0 Å². The van der Waals surface area contributed by atoms with Crippen molar-refractivity contribution in [3.63, 3.8) is 0 Å². The number of anilines is 1. The van der Waals surface area contributed by atoms with Gasteiger partial charge in [0.05, 0.1) is 11.9 Å². The number of halogens is 2. The fourth-order valence-electron chi connectivity index (χ4n) is 2.51. The molecule has 3 aromatic rings. The van der Waals surface area contributed by atoms with Crippen LogP contribution in [0.3, 0.4) is 0 Å². The van der Waals surface area contributed by atoms with Crippen LogP contribution in [-0.4, -0.2) is 37.6 Å². The highest BCUT2D eigenvalue weighted by Gasteiger charge is 2.30. The first kappa shape index (κ1) is 14.7. The number of alkyl halides is 2. The van der Waals surface area contributed by atoms with Gasteiger partial charge in [-0.15, -0.1) is 0 Å². The van der Waals surface area contributed by atoms with Crippen LogP contribution >= 0.6 is 0 Å². The van der Waals surface area contributed by atoms with Crippen LogP contribution in [0.1, 0.15) is 24.5 Å². The quantitative estimate of drug-likeness (QED) is 0.771. The summed E-state index contributed by atoms with van der Waals surface area (Å²) >= 11 is 0. The van der Waals surface area contributed by atoms with E-state index < -0.39 is 13.0 Å². The summed E-state index contributed by atoms with van der Waals surface area (Å²) in [7, 11) is 0. The summed E-state index contributed by atoms with van der Waals surface area (Å²) in [5.74, 6) is 0.749. The lowest BCUT2D eigenvalue weighted by atomic mass is 10.2. The molecule has 0 aromatic carbocycles. The number of rotatable bonds is 5. The zero-order valence-electron chi connectivity index (χ0n) is 12.6. The number of aromatic nitrogens is 5. The van der Waals surface area contributed by atoms with Crippen LogP contribution in [0, 0.1) is 0 Å². The Labute approximate surface area is 135 Å². The summed E-state index contributed by atoms with van der Waals surface area (Å²) < 4.78 is 31.8. The van der Waals surface area contributed by atoms with Crippen molar-refractivity contribution in [1.29, 1.82) is 0 Å². The monoisotopic (exact) mass is 332 g/mol. The standard InChI is InChI=1S/C15H14F2N6O/c16-12(17)7-24-11-5-13-20-6-10(9-3-4-19-15(18)21-9)23(13)22-14(11)8-1-2-8/h3-6,8,12H,1-2,7H2,(H2,18,19,21). The van der Waals surface area contributed by atoms with Gasteiger partial charge in [-0.05, 0) is 18.9 Å². The second-order valence-electron chi connectivity index (χ2n) is 5.58. The van der Waals surface area contributed by atoms with E-state index in [2.05, 4.69) is 20.1 Å². The number of nitrogens with zero attached hydrogens (tertiary/aromatic N) is 5. The van der Waals surface area contributed by atoms with Gasteiger partial charge in [0.2, 0.25) is 5.95 Å². The van der Waals surface area contributed by atoms with Crippen LogP contribution in [0.2, 0.25) is 0 Å². The highest BCUT2D eigenvalue weighted by molar-refractivity contribution is 5.61. The van der Waals surface area contributed by atoms with Crippen molar-refractivity contribution in [3.05, 3.63) is 30.2 Å². The van der Waals surface area contributed by atoms with Crippen molar-refractivity contribution >= 4 is 11.6 Å². The predicted molar refractivity (Wildman–Crippen MR) is 81.9 cm³/mol. The smallest absolute Gasteiger partial charge is 0.272 e. The topological polar surface area (TPSA) is 91.2 Å². The summed E-state index contributed by atoms with van der Waals surface area (Å²) in [6.07, 6.45) is 2.56. The maximum Gasteiger partial charge on any atom is 0.272 e. The zero-order valence-corrected chi connectivity index (χ0v) is 12.6. The summed E-state index contributed by atoms with van der Waals surface area (Å²) in [6, 6.07) is 3.34. The Hall–Kier alpha value is -2.84. The second kappa shape index (κ2) is 5.66. The minimum absolute atomic E-state index is 0.154. The number of hydrogen-bond donors (Lipinski definition) is 1. The largest absolute Gasteiger partial charge is 0.485 e. The molecular weight excluding hydrogens is 318 g/mol. The molecule has 3 heterocycles. The van der Waals surface area contributed by atoms with E-state index in [1.165, 1.54) is 0 Å². The molecule has 7 nitrogen and oxygen atoms in total. The Bertz CT molecular complexity index is 893. The maximum atomic E-state index is 12.5. The molecule has 0 spiro atoms. The second-order valence-corrected chi connectivity index (χ2v) is 5.58. The lowest BCUT2D eigenvalue weighted by Crippen LogP contribution is -2.10. The van der Waals surface area contributed by atoms with Gasteiger partial charge in [-0.2, -0.15) is 5.10 Å². The maximum absolute atomic E-state index is 12.5. The van der Waals surface area contributed by atoms with E-state index in [1.807, 2.05) is 0 Å². The van der Waals surface area contributed by atoms with Gasteiger partial charge in [0, 0.05) is 18.2 Å². The van der Waals surface area contributed by atoms with Gasteiger partial charge in [0.1, 0.15) is 23.7 Å². The third-order valence-electron chi connectivity index (χ3n) is 3.75. The summed E-state index contributed by atoms with van der Waals surface area (Å²) in [6.45, 7) is -0.659. The Morgan fingerprint density at radius 1 is 1.33 bits per heavy atom. The minimum atomic E-state index is -2.53. The molecule has 0 amide bonds. The Kier molecular flexibility index (Phi) is 3.47. The highest BCUT2D eigenvalue weighted by atomic mass is 19.3. The van der Waals surface area contributed by atoms with Crippen LogP contribution in [0.4, 0.5) is 14.7 Å². The summed E-state index contributed by atoms with van der Waals surface area (Å²) in [5.41, 5.74) is 8.03. The molecule has 1 fully saturated rings. The third-order valence-corrected chi connectivity index (χ3v) is 3.75. The first-order valence-corrected chi connectivity index (χ1v) is 7.50. The number of ether oxygens (including phenoxy) is 1. The summed E-state index contributed by atoms with van der Waals surface area (Å²) in [4.78, 5) is 12.3. The molecule has 0 saturated heterocycles. The van der Waals surface area contributed by atoms with Crippen molar-refractivity contribution in [3.8, 4) is 17.1 Å². The van der Waals surface area contributed by atoms with Crippen molar-refractivity contribution in [1.82, 2.24) is 24.6 Å². The lowest BCUT2D eigenvalue weighted by Gasteiger charge is -2.11. The van der Waals surface area contributed by atoms with E-state index in [0.717, 1.165) is 12.8 Å². The summed E-state index contributed by atoms with van der Waals surface area (Å²) in [5, 5.41) is 4.56. The molecule has 0 unspecified atom stereocenters. The molecule has 1 saturated carbocycles. The Morgan fingerprint density at radius 2 is 2.17 bits per heavy atom. The first-order chi connectivity index (χ1) is 11.6. The van der Waals surface area contributed by atoms with E-state index in [-0.39, 0.29) is 11.9 Å². The molecule has 3 aromatic heterocycles. The SMILES string of the molecule is Nc1nccc(-c2cnc3cc(OCC(F)F)c(C4CC4)nn23)n1. The van der Waals surface area contributed by atoms with E-state index >= 15 is 0 Å². The van der Waals surface area contributed by atoms with Gasteiger partial charge in [-0.3, -0.25) is 0 Å². The number of hydrogen-bond acceptors (Lipinski definition) is 6. The highest BCUT2D eigenvalue weighted by Crippen LogP contribution is 2.43. The zero-order chi connectivity index (χ0) is 16.7. The van der Waals surface area contributed by atoms with Crippen LogP contribution in [0.25, 0.3) is 17.0 Å². The molecule has 4 rings (SSSR count). The normalized spacial score (nSPS) is 14.5. The van der Waals surface area contributed by atoms with E-state index in [9.17, 15) is 8.78 Å². The molecule has 0 bridgehead atoms. The van der Waals surface area contributed by atoms with Crippen molar-refractivity contribution < 1.29 is 13.5 Å². The fraction of sp³-hybridized carbons (Fsp3) is 0.333. The number of nitrogen functional groups attached to an aromatic ring is 1. The molecule has 9 heteroatoms. The lowest BCUT2D eigenvalue weighted by molar-refractivity contribution is 0.0811. The Morgan fingerprint density at radius 3 is 2.88 bits per heavy atom. The van der Waals surface area contributed by atoms with Gasteiger partial charge >= 0.3 is 0 Å². The van der Waals surface area contributed by atoms with E-state index in [1.54, 1.807) is 29.0 Å². The number of imidazole rings is 1. The average molecular weight is 332 g/mol. The molecule has 1 aliphatic rings. The molecule has 24 heavy (non-hydrogen) atoms. The molecule has 124 valence electrons. The fourth-order valence-corrected chi connectivity index (χ4v) is 2.51. The van der Waals surface area contributed by atoms with Crippen molar-refractivity contribution in [2.75, 3.05) is 12.3 Å².